The number of carbonyl (C=O) groups is 1. The van der Waals surface area contributed by atoms with E-state index in [1.165, 1.54) is 4.31 Å². The molecule has 1 fully saturated rings. The number of benzene rings is 1. The number of carbonyl (C=O) groups excluding carboxylic acids is 1. The molecule has 1 amide bonds. The number of piperazine rings is 1. The Labute approximate surface area is 137 Å². The predicted octanol–water partition coefficient (Wildman–Crippen LogP) is 1.25. The first kappa shape index (κ1) is 16.3. The fourth-order valence-corrected chi connectivity index (χ4v) is 5.09. The monoisotopic (exact) mass is 338 g/mol. The number of hydrogen-bond acceptors (Lipinski definition) is 4. The molecule has 2 heterocycles. The lowest BCUT2D eigenvalue weighted by atomic mass is 10.0. The third-order valence-electron chi connectivity index (χ3n) is 4.59. The van der Waals surface area contributed by atoms with E-state index in [-0.39, 0.29) is 16.9 Å². The third kappa shape index (κ3) is 2.52. The second-order valence-corrected chi connectivity index (χ2v) is 8.63. The molecule has 0 bridgehead atoms. The van der Waals surface area contributed by atoms with Crippen LogP contribution in [0, 0.1) is 0 Å². The second kappa shape index (κ2) is 5.21. The molecule has 1 unspecified atom stereocenters. The van der Waals surface area contributed by atoms with E-state index in [1.807, 2.05) is 6.92 Å². The zero-order valence-corrected chi connectivity index (χ0v) is 14.7. The first-order valence-corrected chi connectivity index (χ1v) is 9.16. The molecule has 0 radical (unpaired) electrons. The molecule has 0 aliphatic carbocycles. The average Bonchev–Trinajstić information content (AvgIpc) is 2.83. The highest BCUT2D eigenvalue weighted by atomic mass is 32.2. The van der Waals surface area contributed by atoms with Crippen molar-refractivity contribution >= 4 is 15.9 Å². The lowest BCUT2D eigenvalue weighted by Gasteiger charge is -2.43. The predicted molar refractivity (Wildman–Crippen MR) is 85.8 cm³/mol. The van der Waals surface area contributed by atoms with Gasteiger partial charge in [-0.3, -0.25) is 4.79 Å². The summed E-state index contributed by atoms with van der Waals surface area (Å²) in [6.07, 6.45) is 0.758. The Morgan fingerprint density at radius 1 is 1.26 bits per heavy atom. The maximum absolute atomic E-state index is 13.1. The van der Waals surface area contributed by atoms with Crippen molar-refractivity contribution in [1.82, 2.24) is 9.21 Å². The van der Waals surface area contributed by atoms with Gasteiger partial charge in [0.15, 0.2) is 0 Å². The molecule has 23 heavy (non-hydrogen) atoms. The van der Waals surface area contributed by atoms with Crippen molar-refractivity contribution in [1.29, 1.82) is 0 Å². The summed E-state index contributed by atoms with van der Waals surface area (Å²) >= 11 is 0. The van der Waals surface area contributed by atoms with Crippen molar-refractivity contribution in [3.63, 3.8) is 0 Å². The first-order valence-electron chi connectivity index (χ1n) is 7.72. The number of hydrogen-bond donors (Lipinski definition) is 0. The lowest BCUT2D eigenvalue weighted by Crippen LogP contribution is -2.63. The summed E-state index contributed by atoms with van der Waals surface area (Å²) in [4.78, 5) is 14.2. The van der Waals surface area contributed by atoms with Crippen LogP contribution in [0.2, 0.25) is 0 Å². The van der Waals surface area contributed by atoms with E-state index in [2.05, 4.69) is 0 Å². The van der Waals surface area contributed by atoms with Gasteiger partial charge >= 0.3 is 0 Å². The first-order chi connectivity index (χ1) is 10.6. The summed E-state index contributed by atoms with van der Waals surface area (Å²) in [5, 5.41) is 0. The topological polar surface area (TPSA) is 66.9 Å². The zero-order valence-electron chi connectivity index (χ0n) is 13.9. The van der Waals surface area contributed by atoms with Gasteiger partial charge < -0.3 is 9.64 Å². The summed E-state index contributed by atoms with van der Waals surface area (Å²) in [6, 6.07) is 4.94. The van der Waals surface area contributed by atoms with Crippen LogP contribution in [0.3, 0.4) is 0 Å². The van der Waals surface area contributed by atoms with Gasteiger partial charge in [0, 0.05) is 26.6 Å². The van der Waals surface area contributed by atoms with Crippen LogP contribution in [0.5, 0.6) is 5.75 Å². The molecular weight excluding hydrogens is 316 g/mol. The average molecular weight is 338 g/mol. The van der Waals surface area contributed by atoms with E-state index in [1.54, 1.807) is 44.0 Å². The fraction of sp³-hybridized carbons (Fsp3) is 0.562. The van der Waals surface area contributed by atoms with Crippen molar-refractivity contribution in [2.24, 2.45) is 0 Å². The Morgan fingerprint density at radius 2 is 1.96 bits per heavy atom. The van der Waals surface area contributed by atoms with E-state index < -0.39 is 15.6 Å². The molecule has 7 heteroatoms. The molecule has 0 saturated carbocycles. The summed E-state index contributed by atoms with van der Waals surface area (Å²) in [5.74, 6) is 0.551. The van der Waals surface area contributed by atoms with Gasteiger partial charge in [-0.2, -0.15) is 4.31 Å². The molecule has 1 aromatic rings. The van der Waals surface area contributed by atoms with Crippen LogP contribution in [-0.2, 0) is 21.2 Å². The molecule has 2 aliphatic heterocycles. The van der Waals surface area contributed by atoms with Crippen LogP contribution >= 0.6 is 0 Å². The van der Waals surface area contributed by atoms with E-state index in [4.69, 9.17) is 4.74 Å². The molecule has 6 nitrogen and oxygen atoms in total. The lowest BCUT2D eigenvalue weighted by molar-refractivity contribution is -0.142. The van der Waals surface area contributed by atoms with Crippen LogP contribution in [0.4, 0.5) is 0 Å². The molecule has 1 aromatic carbocycles. The van der Waals surface area contributed by atoms with Crippen molar-refractivity contribution in [3.05, 3.63) is 23.8 Å². The minimum Gasteiger partial charge on any atom is -0.490 e. The SMILES string of the molecule is CC1Cc2cc(S(=O)(=O)N3CCN(C)C(=O)C3(C)C)ccc2O1. The number of amides is 1. The Bertz CT molecular complexity index is 757. The number of rotatable bonds is 2. The second-order valence-electron chi connectivity index (χ2n) is 6.77. The van der Waals surface area contributed by atoms with E-state index in [0.29, 0.717) is 19.5 Å². The Balaban J connectivity index is 1.99. The van der Waals surface area contributed by atoms with Gasteiger partial charge in [-0.15, -0.1) is 0 Å². The maximum Gasteiger partial charge on any atom is 0.244 e. The molecule has 0 N–H and O–H groups in total. The summed E-state index contributed by atoms with van der Waals surface area (Å²) in [7, 11) is -2.04. The molecule has 0 aromatic heterocycles. The van der Waals surface area contributed by atoms with Crippen molar-refractivity contribution in [2.45, 2.75) is 43.7 Å². The highest BCUT2D eigenvalue weighted by Gasteiger charge is 2.47. The highest BCUT2D eigenvalue weighted by Crippen LogP contribution is 2.34. The highest BCUT2D eigenvalue weighted by molar-refractivity contribution is 7.89. The van der Waals surface area contributed by atoms with Crippen LogP contribution in [0.1, 0.15) is 26.3 Å². The van der Waals surface area contributed by atoms with Gasteiger partial charge in [-0.05, 0) is 44.5 Å². The molecule has 1 saturated heterocycles. The summed E-state index contributed by atoms with van der Waals surface area (Å²) < 4.78 is 33.0. The van der Waals surface area contributed by atoms with Crippen LogP contribution in [0.15, 0.2) is 23.1 Å². The van der Waals surface area contributed by atoms with E-state index in [9.17, 15) is 13.2 Å². The minimum atomic E-state index is -3.73. The van der Waals surface area contributed by atoms with Crippen LogP contribution < -0.4 is 4.74 Å². The normalized spacial score (nSPS) is 24.4. The largest absolute Gasteiger partial charge is 0.490 e. The van der Waals surface area contributed by atoms with Gasteiger partial charge in [0.05, 0.1) is 4.90 Å². The fourth-order valence-electron chi connectivity index (χ4n) is 3.30. The molecule has 0 spiro atoms. The quantitative estimate of drug-likeness (QED) is 0.814. The third-order valence-corrected chi connectivity index (χ3v) is 6.66. The summed E-state index contributed by atoms with van der Waals surface area (Å²) in [5.41, 5.74) is -0.189. The van der Waals surface area contributed by atoms with Gasteiger partial charge in [0.1, 0.15) is 17.4 Å². The summed E-state index contributed by atoms with van der Waals surface area (Å²) in [6.45, 7) is 5.95. The smallest absolute Gasteiger partial charge is 0.244 e. The zero-order chi connectivity index (χ0) is 17.0. The molecule has 3 rings (SSSR count). The van der Waals surface area contributed by atoms with Crippen LogP contribution in [-0.4, -0.2) is 55.3 Å². The number of sulfonamides is 1. The van der Waals surface area contributed by atoms with E-state index >= 15 is 0 Å². The minimum absolute atomic E-state index is 0.0598. The van der Waals surface area contributed by atoms with Crippen molar-refractivity contribution in [2.75, 3.05) is 20.1 Å². The van der Waals surface area contributed by atoms with Gasteiger partial charge in [0.2, 0.25) is 15.9 Å². The Morgan fingerprint density at radius 3 is 2.65 bits per heavy atom. The maximum atomic E-state index is 13.1. The standard InChI is InChI=1S/C16H22N2O4S/c1-11-9-12-10-13(5-6-14(12)22-11)23(20,21)18-8-7-17(4)15(19)16(18,2)3/h5-6,10-11H,7-9H2,1-4H3. The van der Waals surface area contributed by atoms with Crippen molar-refractivity contribution in [3.8, 4) is 5.75 Å². The molecular formula is C16H22N2O4S. The number of fused-ring (bicyclic) bond motifs is 1. The molecule has 126 valence electrons. The molecule has 2 aliphatic rings. The van der Waals surface area contributed by atoms with Gasteiger partial charge in [0.25, 0.3) is 0 Å². The Hall–Kier alpha value is -1.60. The number of ether oxygens (including phenoxy) is 1. The Kier molecular flexibility index (Phi) is 3.68. The van der Waals surface area contributed by atoms with Crippen molar-refractivity contribution < 1.29 is 17.9 Å². The number of likely N-dealkylation sites (N-methyl/N-ethyl adjacent to an activating group) is 1. The van der Waals surface area contributed by atoms with Gasteiger partial charge in [-0.25, -0.2) is 8.42 Å². The van der Waals surface area contributed by atoms with E-state index in [0.717, 1.165) is 11.3 Å². The van der Waals surface area contributed by atoms with Crippen LogP contribution in [0.25, 0.3) is 0 Å². The number of nitrogens with zero attached hydrogens (tertiary/aromatic N) is 2. The molecule has 1 atom stereocenters. The van der Waals surface area contributed by atoms with Gasteiger partial charge in [-0.1, -0.05) is 0 Å².